The van der Waals surface area contributed by atoms with Gasteiger partial charge in [0.15, 0.2) is 0 Å². The van der Waals surface area contributed by atoms with Gasteiger partial charge in [0.1, 0.15) is 5.82 Å². The molecule has 0 atom stereocenters. The first-order valence-electron chi connectivity index (χ1n) is 11.5. The van der Waals surface area contributed by atoms with E-state index in [1.54, 1.807) is 11.8 Å². The number of carbonyl (C=O) groups is 1. The van der Waals surface area contributed by atoms with Gasteiger partial charge < -0.3 is 4.74 Å². The second-order valence-electron chi connectivity index (χ2n) is 7.92. The van der Waals surface area contributed by atoms with Crippen LogP contribution < -0.4 is 0 Å². The molecule has 0 bridgehead atoms. The lowest BCUT2D eigenvalue weighted by atomic mass is 9.89. The van der Waals surface area contributed by atoms with Gasteiger partial charge in [0, 0.05) is 4.90 Å². The van der Waals surface area contributed by atoms with Crippen molar-refractivity contribution in [1.29, 1.82) is 0 Å². The number of allylic oxidation sites excluding steroid dienone is 1. The molecule has 0 radical (unpaired) electrons. The molecule has 172 valence electrons. The van der Waals surface area contributed by atoms with Crippen LogP contribution in [0.1, 0.15) is 41.3 Å². The number of fused-ring (bicyclic) bond motifs is 1. The maximum Gasteiger partial charge on any atom is 0.338 e. The molecule has 0 aliphatic rings. The quantitative estimate of drug-likeness (QED) is 0.107. The standard InChI is InChI=1S/C30H27FO2S/c1-2-33-30(32)28-19-14-23-11-6-7-13-27(23)29(28)24(21-22-9-4-3-5-10-22)12-8-20-34-26-17-15-25(31)16-18-26/h3-7,9-11,13-19,21H,2,8,12,20H2,1H3/b24-21-. The third kappa shape index (κ3) is 5.95. The molecule has 0 heterocycles. The van der Waals surface area contributed by atoms with E-state index in [1.807, 2.05) is 61.5 Å². The van der Waals surface area contributed by atoms with E-state index in [0.717, 1.165) is 51.0 Å². The van der Waals surface area contributed by atoms with Gasteiger partial charge in [-0.05, 0) is 83.3 Å². The van der Waals surface area contributed by atoms with Gasteiger partial charge in [-0.15, -0.1) is 11.8 Å². The first-order chi connectivity index (χ1) is 16.7. The second kappa shape index (κ2) is 11.7. The minimum atomic E-state index is -0.303. The lowest BCUT2D eigenvalue weighted by Gasteiger charge is -2.16. The van der Waals surface area contributed by atoms with Crippen LogP contribution in [-0.2, 0) is 4.74 Å². The van der Waals surface area contributed by atoms with Crippen LogP contribution in [0.25, 0.3) is 22.4 Å². The molecule has 4 aromatic carbocycles. The second-order valence-corrected chi connectivity index (χ2v) is 9.08. The highest BCUT2D eigenvalue weighted by molar-refractivity contribution is 7.99. The Hall–Kier alpha value is -3.37. The molecule has 0 unspecified atom stereocenters. The number of esters is 1. The van der Waals surface area contributed by atoms with Crippen molar-refractivity contribution in [2.75, 3.05) is 12.4 Å². The summed E-state index contributed by atoms with van der Waals surface area (Å²) in [5, 5.41) is 2.13. The molecule has 0 saturated carbocycles. The smallest absolute Gasteiger partial charge is 0.338 e. The summed E-state index contributed by atoms with van der Waals surface area (Å²) in [6, 6.07) is 28.8. The van der Waals surface area contributed by atoms with Gasteiger partial charge in [-0.25, -0.2) is 9.18 Å². The average molecular weight is 471 g/mol. The predicted molar refractivity (Wildman–Crippen MR) is 141 cm³/mol. The number of hydrogen-bond donors (Lipinski definition) is 0. The van der Waals surface area contributed by atoms with E-state index in [0.29, 0.717) is 12.2 Å². The minimum absolute atomic E-state index is 0.222. The van der Waals surface area contributed by atoms with Gasteiger partial charge in [-0.2, -0.15) is 0 Å². The molecule has 0 aliphatic heterocycles. The van der Waals surface area contributed by atoms with Gasteiger partial charge in [0.2, 0.25) is 0 Å². The monoisotopic (exact) mass is 470 g/mol. The van der Waals surface area contributed by atoms with Crippen LogP contribution in [0.15, 0.2) is 95.9 Å². The highest BCUT2D eigenvalue weighted by Crippen LogP contribution is 2.34. The first kappa shape index (κ1) is 23.8. The summed E-state index contributed by atoms with van der Waals surface area (Å²) in [7, 11) is 0. The molecule has 0 N–H and O–H groups in total. The fourth-order valence-electron chi connectivity index (χ4n) is 4.00. The van der Waals surface area contributed by atoms with E-state index in [2.05, 4.69) is 30.3 Å². The molecule has 0 fully saturated rings. The Balaban J connectivity index is 1.70. The highest BCUT2D eigenvalue weighted by Gasteiger charge is 2.18. The van der Waals surface area contributed by atoms with Crippen LogP contribution in [0.4, 0.5) is 4.39 Å². The van der Waals surface area contributed by atoms with Gasteiger partial charge >= 0.3 is 5.97 Å². The van der Waals surface area contributed by atoms with Crippen LogP contribution in [0.2, 0.25) is 0 Å². The van der Waals surface area contributed by atoms with Crippen molar-refractivity contribution >= 4 is 40.2 Å². The van der Waals surface area contributed by atoms with Gasteiger partial charge in [-0.1, -0.05) is 66.7 Å². The lowest BCUT2D eigenvalue weighted by molar-refractivity contribution is 0.0526. The molecule has 0 spiro atoms. The molecule has 4 aromatic rings. The summed E-state index contributed by atoms with van der Waals surface area (Å²) in [4.78, 5) is 14.0. The van der Waals surface area contributed by atoms with Crippen molar-refractivity contribution in [1.82, 2.24) is 0 Å². The van der Waals surface area contributed by atoms with Crippen molar-refractivity contribution in [3.8, 4) is 0 Å². The summed E-state index contributed by atoms with van der Waals surface area (Å²) in [6.07, 6.45) is 3.88. The van der Waals surface area contributed by atoms with Gasteiger partial charge in [0.25, 0.3) is 0 Å². The van der Waals surface area contributed by atoms with Crippen molar-refractivity contribution < 1.29 is 13.9 Å². The molecule has 0 saturated heterocycles. The number of carbonyl (C=O) groups excluding carboxylic acids is 1. The third-order valence-corrected chi connectivity index (χ3v) is 6.66. The zero-order chi connectivity index (χ0) is 23.8. The zero-order valence-corrected chi connectivity index (χ0v) is 20.0. The van der Waals surface area contributed by atoms with E-state index in [9.17, 15) is 9.18 Å². The predicted octanol–water partition coefficient (Wildman–Crippen LogP) is 8.27. The molecule has 4 heteroatoms. The number of hydrogen-bond acceptors (Lipinski definition) is 3. The number of thioether (sulfide) groups is 1. The highest BCUT2D eigenvalue weighted by atomic mass is 32.2. The SMILES string of the molecule is CCOC(=O)c1ccc2ccccc2c1/C(=C\c1ccccc1)CCCSc1ccc(F)cc1. The molecule has 0 aromatic heterocycles. The fourth-order valence-corrected chi connectivity index (χ4v) is 4.85. The molecule has 0 aliphatic carbocycles. The molecule has 34 heavy (non-hydrogen) atoms. The molecular formula is C30H27FO2S. The number of benzene rings is 4. The Kier molecular flexibility index (Phi) is 8.16. The van der Waals surface area contributed by atoms with Gasteiger partial charge in [-0.3, -0.25) is 0 Å². The molecule has 2 nitrogen and oxygen atoms in total. The minimum Gasteiger partial charge on any atom is -0.462 e. The Bertz CT molecular complexity index is 1280. The Labute approximate surface area is 204 Å². The van der Waals surface area contributed by atoms with Crippen molar-refractivity contribution in [2.45, 2.75) is 24.7 Å². The van der Waals surface area contributed by atoms with Crippen LogP contribution in [0.3, 0.4) is 0 Å². The molecular weight excluding hydrogens is 443 g/mol. The summed E-state index contributed by atoms with van der Waals surface area (Å²) < 4.78 is 18.6. The summed E-state index contributed by atoms with van der Waals surface area (Å²) in [6.45, 7) is 2.16. The normalized spacial score (nSPS) is 11.5. The number of ether oxygens (including phenoxy) is 1. The summed E-state index contributed by atoms with van der Waals surface area (Å²) in [5.74, 6) is 0.361. The van der Waals surface area contributed by atoms with E-state index in [1.165, 1.54) is 12.1 Å². The largest absolute Gasteiger partial charge is 0.462 e. The lowest BCUT2D eigenvalue weighted by Crippen LogP contribution is -2.08. The van der Waals surface area contributed by atoms with Crippen molar-refractivity contribution in [2.24, 2.45) is 0 Å². The number of halogens is 1. The first-order valence-corrected chi connectivity index (χ1v) is 12.5. The van der Waals surface area contributed by atoms with Crippen LogP contribution in [0.5, 0.6) is 0 Å². The maximum atomic E-state index is 13.2. The van der Waals surface area contributed by atoms with Crippen LogP contribution in [0, 0.1) is 5.82 Å². The number of rotatable bonds is 9. The Morgan fingerprint density at radius 1 is 0.912 bits per heavy atom. The van der Waals surface area contributed by atoms with Crippen molar-refractivity contribution in [3.63, 3.8) is 0 Å². The Morgan fingerprint density at radius 2 is 1.65 bits per heavy atom. The zero-order valence-electron chi connectivity index (χ0n) is 19.2. The van der Waals surface area contributed by atoms with E-state index in [4.69, 9.17) is 4.74 Å². The van der Waals surface area contributed by atoms with Crippen LogP contribution >= 0.6 is 11.8 Å². The van der Waals surface area contributed by atoms with Crippen LogP contribution in [-0.4, -0.2) is 18.3 Å². The summed E-state index contributed by atoms with van der Waals surface area (Å²) >= 11 is 1.71. The molecule has 4 rings (SSSR count). The Morgan fingerprint density at radius 3 is 2.41 bits per heavy atom. The molecule has 0 amide bonds. The van der Waals surface area contributed by atoms with Gasteiger partial charge in [0.05, 0.1) is 12.2 Å². The summed E-state index contributed by atoms with van der Waals surface area (Å²) in [5.41, 5.74) is 3.72. The third-order valence-electron chi connectivity index (χ3n) is 5.56. The topological polar surface area (TPSA) is 26.3 Å². The van der Waals surface area contributed by atoms with Crippen molar-refractivity contribution in [3.05, 3.63) is 114 Å². The fraction of sp³-hybridized carbons (Fsp3) is 0.167. The average Bonchev–Trinajstić information content (AvgIpc) is 2.87. The van der Waals surface area contributed by atoms with E-state index in [-0.39, 0.29) is 11.8 Å². The van der Waals surface area contributed by atoms with E-state index >= 15 is 0 Å². The van der Waals surface area contributed by atoms with E-state index < -0.39 is 0 Å². The maximum absolute atomic E-state index is 13.2.